The molecule has 0 N–H and O–H groups in total. The molecule has 0 spiro atoms. The molecule has 5 rings (SSSR count). The van der Waals surface area contributed by atoms with Crippen molar-refractivity contribution >= 4 is 33.2 Å². The molecule has 4 aromatic carbocycles. The second-order valence-corrected chi connectivity index (χ2v) is 8.73. The maximum Gasteiger partial charge on any atom is 0.0542 e. The van der Waals surface area contributed by atoms with Gasteiger partial charge < -0.3 is 9.47 Å². The van der Waals surface area contributed by atoms with E-state index in [1.165, 1.54) is 38.9 Å². The molecule has 0 fully saturated rings. The Morgan fingerprint density at radius 3 is 1.87 bits per heavy atom. The van der Waals surface area contributed by atoms with Crippen molar-refractivity contribution in [3.8, 4) is 5.69 Å². The second-order valence-electron chi connectivity index (χ2n) is 8.73. The summed E-state index contributed by atoms with van der Waals surface area (Å²) in [5, 5.41) is 2.55. The molecule has 5 aromatic rings. The van der Waals surface area contributed by atoms with E-state index in [9.17, 15) is 0 Å². The summed E-state index contributed by atoms with van der Waals surface area (Å²) in [6.07, 6.45) is 0. The molecule has 0 aliphatic carbocycles. The standard InChI is InChI=1S/C28H26N2/c1-28(2,3)30(22-14-8-5-9-15-22)23-18-19-27-25(20-23)24-16-10-11-17-26(24)29(27)21-12-6-4-7-13-21/h4-20H,1-3H3. The van der Waals surface area contributed by atoms with Gasteiger partial charge in [-0.2, -0.15) is 0 Å². The summed E-state index contributed by atoms with van der Waals surface area (Å²) >= 11 is 0. The van der Waals surface area contributed by atoms with E-state index in [4.69, 9.17) is 0 Å². The Hall–Kier alpha value is -3.52. The molecule has 0 radical (unpaired) electrons. The maximum absolute atomic E-state index is 2.42. The van der Waals surface area contributed by atoms with Gasteiger partial charge in [-0.25, -0.2) is 0 Å². The predicted octanol–water partition coefficient (Wildman–Crippen LogP) is 7.72. The number of benzene rings is 4. The Morgan fingerprint density at radius 2 is 1.17 bits per heavy atom. The van der Waals surface area contributed by atoms with E-state index >= 15 is 0 Å². The maximum atomic E-state index is 2.42. The molecule has 0 saturated carbocycles. The number of para-hydroxylation sites is 3. The van der Waals surface area contributed by atoms with Gasteiger partial charge in [-0.1, -0.05) is 54.6 Å². The van der Waals surface area contributed by atoms with Crippen molar-refractivity contribution in [3.05, 3.63) is 103 Å². The highest BCUT2D eigenvalue weighted by atomic mass is 15.2. The first kappa shape index (κ1) is 18.5. The summed E-state index contributed by atoms with van der Waals surface area (Å²) in [4.78, 5) is 2.42. The molecule has 30 heavy (non-hydrogen) atoms. The highest BCUT2D eigenvalue weighted by Gasteiger charge is 2.24. The lowest BCUT2D eigenvalue weighted by Crippen LogP contribution is -2.37. The minimum absolute atomic E-state index is 0.0488. The number of nitrogens with zero attached hydrogens (tertiary/aromatic N) is 2. The molecule has 2 heteroatoms. The van der Waals surface area contributed by atoms with E-state index in [1.807, 2.05) is 0 Å². The van der Waals surface area contributed by atoms with Gasteiger partial charge in [0.15, 0.2) is 0 Å². The van der Waals surface area contributed by atoms with Gasteiger partial charge >= 0.3 is 0 Å². The van der Waals surface area contributed by atoms with Gasteiger partial charge in [0, 0.05) is 33.4 Å². The summed E-state index contributed by atoms with van der Waals surface area (Å²) in [5.41, 5.74) is 6.01. The van der Waals surface area contributed by atoms with E-state index in [0.29, 0.717) is 0 Å². The second kappa shape index (κ2) is 7.07. The average molecular weight is 391 g/mol. The van der Waals surface area contributed by atoms with E-state index in [0.717, 1.165) is 0 Å². The van der Waals surface area contributed by atoms with Crippen molar-refractivity contribution in [2.24, 2.45) is 0 Å². The van der Waals surface area contributed by atoms with E-state index in [-0.39, 0.29) is 5.54 Å². The topological polar surface area (TPSA) is 8.17 Å². The molecule has 0 saturated heterocycles. The zero-order valence-corrected chi connectivity index (χ0v) is 17.7. The van der Waals surface area contributed by atoms with Crippen LogP contribution >= 0.6 is 0 Å². The first-order valence-electron chi connectivity index (χ1n) is 10.5. The summed E-state index contributed by atoms with van der Waals surface area (Å²) in [6.45, 7) is 6.78. The summed E-state index contributed by atoms with van der Waals surface area (Å²) in [5.74, 6) is 0. The lowest BCUT2D eigenvalue weighted by molar-refractivity contribution is 0.560. The van der Waals surface area contributed by atoms with Crippen LogP contribution in [0.25, 0.3) is 27.5 Å². The zero-order chi connectivity index (χ0) is 20.7. The van der Waals surface area contributed by atoms with Gasteiger partial charge in [-0.3, -0.25) is 0 Å². The Balaban J connectivity index is 1.79. The summed E-state index contributed by atoms with van der Waals surface area (Å²) < 4.78 is 2.36. The Labute approximate surface area is 178 Å². The van der Waals surface area contributed by atoms with Gasteiger partial charge in [0.2, 0.25) is 0 Å². The predicted molar refractivity (Wildman–Crippen MR) is 129 cm³/mol. The third kappa shape index (κ3) is 3.05. The van der Waals surface area contributed by atoms with Gasteiger partial charge in [0.05, 0.1) is 11.0 Å². The molecule has 0 amide bonds. The molecule has 2 nitrogen and oxygen atoms in total. The number of rotatable bonds is 3. The van der Waals surface area contributed by atoms with Gasteiger partial charge in [-0.05, 0) is 69.3 Å². The molecular formula is C28H26N2. The van der Waals surface area contributed by atoms with E-state index in [1.54, 1.807) is 0 Å². The van der Waals surface area contributed by atoms with Crippen molar-refractivity contribution in [2.45, 2.75) is 26.3 Å². The summed E-state index contributed by atoms with van der Waals surface area (Å²) in [6, 6.07) is 36.8. The van der Waals surface area contributed by atoms with Crippen LogP contribution in [-0.2, 0) is 0 Å². The largest absolute Gasteiger partial charge is 0.336 e. The SMILES string of the molecule is CC(C)(C)N(c1ccccc1)c1ccc2c(c1)c1ccccc1n2-c1ccccc1. The minimum atomic E-state index is -0.0488. The molecule has 0 aliphatic heterocycles. The van der Waals surface area contributed by atoms with Crippen LogP contribution in [0.5, 0.6) is 0 Å². The highest BCUT2D eigenvalue weighted by Crippen LogP contribution is 2.38. The first-order valence-corrected chi connectivity index (χ1v) is 10.5. The number of anilines is 2. The molecule has 0 atom stereocenters. The molecule has 0 unspecified atom stereocenters. The quantitative estimate of drug-likeness (QED) is 0.306. The van der Waals surface area contributed by atoms with Crippen LogP contribution in [0.3, 0.4) is 0 Å². The number of hydrogen-bond donors (Lipinski definition) is 0. The van der Waals surface area contributed by atoms with Crippen molar-refractivity contribution in [2.75, 3.05) is 4.90 Å². The number of fused-ring (bicyclic) bond motifs is 3. The normalized spacial score (nSPS) is 11.8. The van der Waals surface area contributed by atoms with Crippen LogP contribution < -0.4 is 4.90 Å². The average Bonchev–Trinajstić information content (AvgIpc) is 3.08. The number of aromatic nitrogens is 1. The molecule has 0 bridgehead atoms. The van der Waals surface area contributed by atoms with Crippen molar-refractivity contribution in [1.29, 1.82) is 0 Å². The van der Waals surface area contributed by atoms with E-state index in [2.05, 4.69) is 133 Å². The van der Waals surface area contributed by atoms with Crippen LogP contribution in [0.15, 0.2) is 103 Å². The van der Waals surface area contributed by atoms with E-state index < -0.39 is 0 Å². The third-order valence-electron chi connectivity index (χ3n) is 5.61. The van der Waals surface area contributed by atoms with Crippen molar-refractivity contribution in [1.82, 2.24) is 4.57 Å². The van der Waals surface area contributed by atoms with Crippen molar-refractivity contribution < 1.29 is 0 Å². The van der Waals surface area contributed by atoms with Crippen LogP contribution in [0.1, 0.15) is 20.8 Å². The molecule has 1 aromatic heterocycles. The lowest BCUT2D eigenvalue weighted by atomic mass is 10.0. The summed E-state index contributed by atoms with van der Waals surface area (Å²) in [7, 11) is 0. The number of hydrogen-bond acceptors (Lipinski definition) is 1. The molecular weight excluding hydrogens is 364 g/mol. The monoisotopic (exact) mass is 390 g/mol. The molecule has 0 aliphatic rings. The lowest BCUT2D eigenvalue weighted by Gasteiger charge is -2.38. The third-order valence-corrected chi connectivity index (χ3v) is 5.61. The Bertz CT molecular complexity index is 1310. The van der Waals surface area contributed by atoms with Gasteiger partial charge in [0.25, 0.3) is 0 Å². The zero-order valence-electron chi connectivity index (χ0n) is 17.7. The fraction of sp³-hybridized carbons (Fsp3) is 0.143. The van der Waals surface area contributed by atoms with Crippen LogP contribution in [0.2, 0.25) is 0 Å². The van der Waals surface area contributed by atoms with Crippen LogP contribution in [0.4, 0.5) is 11.4 Å². The Kier molecular flexibility index (Phi) is 4.36. The van der Waals surface area contributed by atoms with Crippen LogP contribution in [-0.4, -0.2) is 10.1 Å². The first-order chi connectivity index (χ1) is 14.5. The minimum Gasteiger partial charge on any atom is -0.336 e. The Morgan fingerprint density at radius 1 is 0.567 bits per heavy atom. The highest BCUT2D eigenvalue weighted by molar-refractivity contribution is 6.10. The van der Waals surface area contributed by atoms with Crippen LogP contribution in [0, 0.1) is 0 Å². The van der Waals surface area contributed by atoms with Gasteiger partial charge in [0.1, 0.15) is 0 Å². The molecule has 148 valence electrons. The molecule has 1 heterocycles. The smallest absolute Gasteiger partial charge is 0.0542 e. The van der Waals surface area contributed by atoms with Gasteiger partial charge in [-0.15, -0.1) is 0 Å². The fourth-order valence-electron chi connectivity index (χ4n) is 4.46. The fourth-order valence-corrected chi connectivity index (χ4v) is 4.46. The van der Waals surface area contributed by atoms with Crippen molar-refractivity contribution in [3.63, 3.8) is 0 Å².